The van der Waals surface area contributed by atoms with E-state index in [0.717, 1.165) is 16.8 Å². The molecule has 1 aliphatic heterocycles. The highest BCUT2D eigenvalue weighted by molar-refractivity contribution is 9.10. The predicted molar refractivity (Wildman–Crippen MR) is 119 cm³/mol. The summed E-state index contributed by atoms with van der Waals surface area (Å²) in [7, 11) is 4.80. The van der Waals surface area contributed by atoms with Crippen LogP contribution in [-0.2, 0) is 0 Å². The molecule has 0 saturated carbocycles. The van der Waals surface area contributed by atoms with E-state index in [4.69, 9.17) is 18.6 Å². The second kappa shape index (κ2) is 8.85. The minimum absolute atomic E-state index is 0.193. The van der Waals surface area contributed by atoms with Gasteiger partial charge in [0.2, 0.25) is 0 Å². The minimum atomic E-state index is -0.366. The molecule has 0 fully saturated rings. The molecule has 8 heteroatoms. The number of carbonyl (C=O) groups excluding carboxylic acids is 1. The molecule has 0 unspecified atom stereocenters. The average molecular weight is 485 g/mol. The lowest BCUT2D eigenvalue weighted by Crippen LogP contribution is -2.27. The van der Waals surface area contributed by atoms with E-state index in [2.05, 4.69) is 21.0 Å². The Labute approximate surface area is 188 Å². The molecule has 1 aliphatic rings. The smallest absolute Gasteiger partial charge is 0.310 e. The fraction of sp³-hybridized carbons (Fsp3) is 0.217. The molecule has 7 nitrogen and oxygen atoms in total. The molecule has 1 aromatic heterocycles. The van der Waals surface area contributed by atoms with Crippen LogP contribution in [-0.4, -0.2) is 38.0 Å². The summed E-state index contributed by atoms with van der Waals surface area (Å²) in [6, 6.07) is 16.1. The van der Waals surface area contributed by atoms with Gasteiger partial charge in [0.05, 0.1) is 33.1 Å². The number of hydrogen-bond donors (Lipinski definition) is 0. The maximum atomic E-state index is 13.3. The molecule has 31 heavy (non-hydrogen) atoms. The lowest BCUT2D eigenvalue weighted by Gasteiger charge is -2.22. The van der Waals surface area contributed by atoms with Crippen molar-refractivity contribution in [3.63, 3.8) is 0 Å². The van der Waals surface area contributed by atoms with Crippen molar-refractivity contribution in [3.05, 3.63) is 76.2 Å². The SMILES string of the molecule is COc1ccc(C2=NN(C(=O)c3ccc(Br)o3)[C@H](c3ccccc3OC)C2)c(OC)c1. The van der Waals surface area contributed by atoms with Crippen LogP contribution in [0.1, 0.15) is 34.1 Å². The Hall–Kier alpha value is -3.26. The van der Waals surface area contributed by atoms with E-state index in [1.54, 1.807) is 39.5 Å². The van der Waals surface area contributed by atoms with Gasteiger partial charge >= 0.3 is 5.91 Å². The van der Waals surface area contributed by atoms with Gasteiger partial charge in [-0.05, 0) is 46.3 Å². The monoisotopic (exact) mass is 484 g/mol. The first kappa shape index (κ1) is 21.0. The van der Waals surface area contributed by atoms with Crippen molar-refractivity contribution in [2.24, 2.45) is 5.10 Å². The van der Waals surface area contributed by atoms with Crippen LogP contribution in [0.2, 0.25) is 0 Å². The lowest BCUT2D eigenvalue weighted by atomic mass is 9.97. The number of halogens is 1. The summed E-state index contributed by atoms with van der Waals surface area (Å²) in [6.07, 6.45) is 0.483. The number of furan rings is 1. The van der Waals surface area contributed by atoms with Crippen molar-refractivity contribution in [1.82, 2.24) is 5.01 Å². The number of amides is 1. The van der Waals surface area contributed by atoms with Crippen LogP contribution in [0.3, 0.4) is 0 Å². The molecule has 4 rings (SSSR count). The van der Waals surface area contributed by atoms with Crippen molar-refractivity contribution >= 4 is 27.5 Å². The Morgan fingerprint density at radius 3 is 2.48 bits per heavy atom. The number of methoxy groups -OCH3 is 3. The number of ether oxygens (including phenoxy) is 3. The van der Waals surface area contributed by atoms with Gasteiger partial charge in [-0.25, -0.2) is 5.01 Å². The highest BCUT2D eigenvalue weighted by Crippen LogP contribution is 2.40. The normalized spacial score (nSPS) is 15.5. The second-order valence-electron chi connectivity index (χ2n) is 6.83. The summed E-state index contributed by atoms with van der Waals surface area (Å²) in [4.78, 5) is 13.3. The van der Waals surface area contributed by atoms with Crippen LogP contribution in [0.5, 0.6) is 17.2 Å². The van der Waals surface area contributed by atoms with Crippen LogP contribution in [0.15, 0.2) is 68.8 Å². The maximum absolute atomic E-state index is 13.3. The van der Waals surface area contributed by atoms with E-state index in [-0.39, 0.29) is 17.7 Å². The summed E-state index contributed by atoms with van der Waals surface area (Å²) >= 11 is 3.25. The molecule has 0 saturated heterocycles. The van der Waals surface area contributed by atoms with Crippen LogP contribution in [0.4, 0.5) is 0 Å². The van der Waals surface area contributed by atoms with Gasteiger partial charge in [0.25, 0.3) is 0 Å². The number of hydrogen-bond acceptors (Lipinski definition) is 6. The maximum Gasteiger partial charge on any atom is 0.310 e. The van der Waals surface area contributed by atoms with E-state index in [0.29, 0.717) is 28.3 Å². The summed E-state index contributed by atoms with van der Waals surface area (Å²) in [5.74, 6) is 1.83. The zero-order valence-electron chi connectivity index (χ0n) is 17.3. The minimum Gasteiger partial charge on any atom is -0.497 e. The van der Waals surface area contributed by atoms with Crippen molar-refractivity contribution < 1.29 is 23.4 Å². The quantitative estimate of drug-likeness (QED) is 0.488. The molecule has 0 aliphatic carbocycles. The molecule has 3 aromatic rings. The third-order valence-corrected chi connectivity index (χ3v) is 5.55. The van der Waals surface area contributed by atoms with Gasteiger partial charge in [0, 0.05) is 23.6 Å². The molecular formula is C23H21BrN2O5. The van der Waals surface area contributed by atoms with Gasteiger partial charge in [-0.3, -0.25) is 4.79 Å². The van der Waals surface area contributed by atoms with Crippen molar-refractivity contribution in [3.8, 4) is 17.2 Å². The number of para-hydroxylation sites is 1. The Kier molecular flexibility index (Phi) is 5.99. The third-order valence-electron chi connectivity index (χ3n) is 5.12. The van der Waals surface area contributed by atoms with E-state index < -0.39 is 0 Å². The van der Waals surface area contributed by atoms with E-state index in [1.165, 1.54) is 5.01 Å². The predicted octanol–water partition coefficient (Wildman–Crippen LogP) is 5.06. The number of rotatable bonds is 6. The summed E-state index contributed by atoms with van der Waals surface area (Å²) in [5, 5.41) is 6.14. The first-order valence-corrected chi connectivity index (χ1v) is 10.4. The van der Waals surface area contributed by atoms with E-state index >= 15 is 0 Å². The first-order chi connectivity index (χ1) is 15.0. The molecule has 1 atom stereocenters. The van der Waals surface area contributed by atoms with Gasteiger partial charge in [0.1, 0.15) is 17.2 Å². The summed E-state index contributed by atoms with van der Waals surface area (Å²) in [5.41, 5.74) is 2.36. The van der Waals surface area contributed by atoms with Gasteiger partial charge in [-0.1, -0.05) is 18.2 Å². The molecule has 160 valence electrons. The highest BCUT2D eigenvalue weighted by Gasteiger charge is 2.37. The van der Waals surface area contributed by atoms with Crippen molar-refractivity contribution in [1.29, 1.82) is 0 Å². The highest BCUT2D eigenvalue weighted by atomic mass is 79.9. The molecular weight excluding hydrogens is 464 g/mol. The lowest BCUT2D eigenvalue weighted by molar-refractivity contribution is 0.0675. The Morgan fingerprint density at radius 1 is 1.03 bits per heavy atom. The fourth-order valence-electron chi connectivity index (χ4n) is 3.62. The Morgan fingerprint density at radius 2 is 1.81 bits per heavy atom. The Balaban J connectivity index is 1.79. The largest absolute Gasteiger partial charge is 0.497 e. The van der Waals surface area contributed by atoms with E-state index in [9.17, 15) is 4.79 Å². The van der Waals surface area contributed by atoms with Gasteiger partial charge < -0.3 is 18.6 Å². The number of carbonyl (C=O) groups is 1. The average Bonchev–Trinajstić information content (AvgIpc) is 3.44. The molecule has 0 bridgehead atoms. The summed E-state index contributed by atoms with van der Waals surface area (Å²) in [6.45, 7) is 0. The zero-order chi connectivity index (χ0) is 22.0. The molecule has 0 spiro atoms. The molecule has 2 heterocycles. The fourth-order valence-corrected chi connectivity index (χ4v) is 3.93. The van der Waals surface area contributed by atoms with Crippen LogP contribution < -0.4 is 14.2 Å². The zero-order valence-corrected chi connectivity index (χ0v) is 18.9. The van der Waals surface area contributed by atoms with Crippen LogP contribution >= 0.6 is 15.9 Å². The van der Waals surface area contributed by atoms with Gasteiger partial charge in [-0.2, -0.15) is 5.10 Å². The number of hydrazone groups is 1. The van der Waals surface area contributed by atoms with Crippen molar-refractivity contribution in [2.75, 3.05) is 21.3 Å². The second-order valence-corrected chi connectivity index (χ2v) is 7.61. The number of nitrogens with zero attached hydrogens (tertiary/aromatic N) is 2. The molecule has 1 amide bonds. The topological polar surface area (TPSA) is 73.5 Å². The van der Waals surface area contributed by atoms with Gasteiger partial charge in [-0.15, -0.1) is 0 Å². The van der Waals surface area contributed by atoms with E-state index in [1.807, 2.05) is 36.4 Å². The molecule has 0 radical (unpaired) electrons. The Bertz CT molecular complexity index is 1140. The van der Waals surface area contributed by atoms with Crippen LogP contribution in [0, 0.1) is 0 Å². The van der Waals surface area contributed by atoms with Crippen LogP contribution in [0.25, 0.3) is 0 Å². The molecule has 2 aromatic carbocycles. The van der Waals surface area contributed by atoms with Crippen molar-refractivity contribution in [2.45, 2.75) is 12.5 Å². The number of benzene rings is 2. The first-order valence-electron chi connectivity index (χ1n) is 9.57. The summed E-state index contributed by atoms with van der Waals surface area (Å²) < 4.78 is 22.4. The standard InChI is InChI=1S/C23H21BrN2O5/c1-28-14-8-9-15(21(12-14)30-3)17-13-18(16-6-4-5-7-19(16)29-2)26(25-17)23(27)20-10-11-22(24)31-20/h4-12,18H,13H2,1-3H3/t18-/m0/s1. The van der Waals surface area contributed by atoms with Gasteiger partial charge in [0.15, 0.2) is 10.4 Å². The molecule has 0 N–H and O–H groups in total. The third kappa shape index (κ3) is 4.03.